The van der Waals surface area contributed by atoms with Gasteiger partial charge in [0.2, 0.25) is 0 Å². The zero-order valence-electron chi connectivity index (χ0n) is 7.07. The topological polar surface area (TPSA) is 63.1 Å². The van der Waals surface area contributed by atoms with E-state index in [1.165, 1.54) is 12.3 Å². The van der Waals surface area contributed by atoms with E-state index in [0.717, 1.165) is 0 Å². The zero-order chi connectivity index (χ0) is 10.8. The number of aliphatic carboxylic acids is 1. The van der Waals surface area contributed by atoms with Gasteiger partial charge < -0.3 is 5.11 Å². The van der Waals surface area contributed by atoms with Crippen molar-refractivity contribution in [2.75, 3.05) is 0 Å². The van der Waals surface area contributed by atoms with E-state index in [0.29, 0.717) is 5.69 Å². The summed E-state index contributed by atoms with van der Waals surface area (Å²) in [5.74, 6) is -2.20. The summed E-state index contributed by atoms with van der Waals surface area (Å²) in [7, 11) is 0. The number of hydrogen-bond acceptors (Lipinski definition) is 4. The minimum Gasteiger partial charge on any atom is -0.476 e. The number of carbonyl (C=O) groups is 1. The molecule has 0 aliphatic heterocycles. The number of nitrogens with zero attached hydrogens (tertiary/aromatic N) is 2. The molecule has 1 rings (SSSR count). The van der Waals surface area contributed by atoms with E-state index in [1.807, 2.05) is 0 Å². The zero-order valence-corrected chi connectivity index (χ0v) is 7.89. The van der Waals surface area contributed by atoms with Gasteiger partial charge in [0.05, 0.1) is 0 Å². The molecule has 1 aromatic rings. The van der Waals surface area contributed by atoms with Crippen LogP contribution in [0.3, 0.4) is 0 Å². The van der Waals surface area contributed by atoms with Crippen LogP contribution in [0.15, 0.2) is 17.4 Å². The van der Waals surface area contributed by atoms with E-state index < -0.39 is 11.2 Å². The molecule has 76 valence electrons. The lowest BCUT2D eigenvalue weighted by atomic mass is 10.5. The second-order valence-electron chi connectivity index (χ2n) is 2.40. The van der Waals surface area contributed by atoms with Crippen LogP contribution in [-0.2, 0) is 4.79 Å². The standard InChI is InChI=1S/C7H6F2N2O2S/c1-4-2-3-10-6(11-4)14-7(8,9)5(12)13/h2-3H,1H3,(H,12,13). The number of carboxylic acid groups (broad SMARTS) is 1. The van der Waals surface area contributed by atoms with Gasteiger partial charge in [0.15, 0.2) is 5.16 Å². The van der Waals surface area contributed by atoms with Crippen molar-refractivity contribution in [2.45, 2.75) is 17.3 Å². The molecule has 1 aromatic heterocycles. The Balaban J connectivity index is 2.83. The van der Waals surface area contributed by atoms with Crippen LogP contribution < -0.4 is 0 Å². The summed E-state index contributed by atoms with van der Waals surface area (Å²) in [5, 5.41) is 4.00. The lowest BCUT2D eigenvalue weighted by Crippen LogP contribution is -2.24. The Morgan fingerprint density at radius 3 is 2.79 bits per heavy atom. The highest BCUT2D eigenvalue weighted by atomic mass is 32.2. The Morgan fingerprint density at radius 2 is 2.29 bits per heavy atom. The van der Waals surface area contributed by atoms with Crippen molar-refractivity contribution in [2.24, 2.45) is 0 Å². The second kappa shape index (κ2) is 3.87. The van der Waals surface area contributed by atoms with Crippen LogP contribution in [0.4, 0.5) is 8.78 Å². The lowest BCUT2D eigenvalue weighted by molar-refractivity contribution is -0.152. The smallest absolute Gasteiger partial charge is 0.395 e. The predicted molar refractivity (Wildman–Crippen MR) is 45.2 cm³/mol. The summed E-state index contributed by atoms with van der Waals surface area (Å²) in [5.41, 5.74) is 0.503. The molecule has 0 atom stereocenters. The number of alkyl halides is 2. The molecular formula is C7H6F2N2O2S. The summed E-state index contributed by atoms with van der Waals surface area (Å²) in [6.45, 7) is 1.60. The third kappa shape index (κ3) is 2.63. The number of hydrogen-bond donors (Lipinski definition) is 1. The van der Waals surface area contributed by atoms with Gasteiger partial charge in [0.25, 0.3) is 0 Å². The van der Waals surface area contributed by atoms with Crippen molar-refractivity contribution in [3.8, 4) is 0 Å². The van der Waals surface area contributed by atoms with Gasteiger partial charge in [-0.05, 0) is 13.0 Å². The molecule has 0 fully saturated rings. The minimum atomic E-state index is -3.90. The van der Waals surface area contributed by atoms with E-state index in [-0.39, 0.29) is 16.9 Å². The summed E-state index contributed by atoms with van der Waals surface area (Å²) in [4.78, 5) is 17.2. The molecule has 0 aliphatic carbocycles. The maximum Gasteiger partial charge on any atom is 0.395 e. The van der Waals surface area contributed by atoms with E-state index in [1.54, 1.807) is 6.92 Å². The van der Waals surface area contributed by atoms with Crippen molar-refractivity contribution < 1.29 is 18.7 Å². The number of rotatable bonds is 3. The Morgan fingerprint density at radius 1 is 1.64 bits per heavy atom. The average Bonchev–Trinajstić information content (AvgIpc) is 2.02. The molecule has 0 unspecified atom stereocenters. The Hall–Kier alpha value is -1.24. The second-order valence-corrected chi connectivity index (χ2v) is 3.49. The van der Waals surface area contributed by atoms with E-state index >= 15 is 0 Å². The van der Waals surface area contributed by atoms with Gasteiger partial charge in [-0.15, -0.1) is 0 Å². The molecule has 1 N–H and O–H groups in total. The Kier molecular flexibility index (Phi) is 3.00. The molecule has 0 bridgehead atoms. The molecule has 0 radical (unpaired) electrons. The largest absolute Gasteiger partial charge is 0.476 e. The molecule has 1 heterocycles. The van der Waals surface area contributed by atoms with Gasteiger partial charge in [0.1, 0.15) is 0 Å². The number of halogens is 2. The van der Waals surface area contributed by atoms with Crippen LogP contribution in [0, 0.1) is 6.92 Å². The van der Waals surface area contributed by atoms with Gasteiger partial charge in [-0.25, -0.2) is 14.8 Å². The third-order valence-electron chi connectivity index (χ3n) is 1.24. The predicted octanol–water partition coefficient (Wildman–Crippen LogP) is 1.55. The fraction of sp³-hybridized carbons (Fsp3) is 0.286. The highest BCUT2D eigenvalue weighted by Crippen LogP contribution is 2.33. The molecule has 0 spiro atoms. The van der Waals surface area contributed by atoms with Gasteiger partial charge in [0, 0.05) is 23.7 Å². The van der Waals surface area contributed by atoms with Crippen LogP contribution >= 0.6 is 11.8 Å². The van der Waals surface area contributed by atoms with E-state index in [4.69, 9.17) is 5.11 Å². The van der Waals surface area contributed by atoms with Crippen molar-refractivity contribution in [3.63, 3.8) is 0 Å². The van der Waals surface area contributed by atoms with Gasteiger partial charge in [-0.3, -0.25) is 0 Å². The molecule has 4 nitrogen and oxygen atoms in total. The number of carboxylic acids is 1. The first-order chi connectivity index (χ1) is 6.42. The number of aryl methyl sites for hydroxylation is 1. The normalized spacial score (nSPS) is 11.4. The lowest BCUT2D eigenvalue weighted by Gasteiger charge is -2.08. The molecular weight excluding hydrogens is 214 g/mol. The fourth-order valence-corrected chi connectivity index (χ4v) is 1.25. The maximum absolute atomic E-state index is 12.6. The third-order valence-corrected chi connectivity index (χ3v) is 2.05. The van der Waals surface area contributed by atoms with Crippen molar-refractivity contribution in [1.82, 2.24) is 9.97 Å². The van der Waals surface area contributed by atoms with Crippen molar-refractivity contribution >= 4 is 17.7 Å². The highest BCUT2D eigenvalue weighted by molar-refractivity contribution is 8.00. The Labute approximate surface area is 82.4 Å². The van der Waals surface area contributed by atoms with Crippen LogP contribution in [0.2, 0.25) is 0 Å². The molecule has 0 amide bonds. The highest BCUT2D eigenvalue weighted by Gasteiger charge is 2.41. The number of aromatic nitrogens is 2. The Bertz CT molecular complexity index is 359. The number of thioether (sulfide) groups is 1. The van der Waals surface area contributed by atoms with E-state index in [9.17, 15) is 13.6 Å². The first-order valence-electron chi connectivity index (χ1n) is 3.51. The van der Waals surface area contributed by atoms with Crippen molar-refractivity contribution in [3.05, 3.63) is 18.0 Å². The quantitative estimate of drug-likeness (QED) is 0.618. The monoisotopic (exact) mass is 220 g/mol. The van der Waals surface area contributed by atoms with Crippen molar-refractivity contribution in [1.29, 1.82) is 0 Å². The van der Waals surface area contributed by atoms with Crippen LogP contribution in [0.25, 0.3) is 0 Å². The summed E-state index contributed by atoms with van der Waals surface area (Å²) < 4.78 is 25.3. The summed E-state index contributed by atoms with van der Waals surface area (Å²) >= 11 is -0.187. The molecule has 0 saturated carbocycles. The first-order valence-corrected chi connectivity index (χ1v) is 4.33. The maximum atomic E-state index is 12.6. The van der Waals surface area contributed by atoms with E-state index in [2.05, 4.69) is 9.97 Å². The molecule has 0 aromatic carbocycles. The first kappa shape index (κ1) is 10.8. The van der Waals surface area contributed by atoms with Crippen LogP contribution in [-0.4, -0.2) is 26.3 Å². The van der Waals surface area contributed by atoms with Gasteiger partial charge in [-0.2, -0.15) is 8.78 Å². The average molecular weight is 220 g/mol. The molecule has 0 saturated heterocycles. The van der Waals surface area contributed by atoms with Crippen LogP contribution in [0.1, 0.15) is 5.69 Å². The molecule has 7 heteroatoms. The fourth-order valence-electron chi connectivity index (χ4n) is 0.633. The SMILES string of the molecule is Cc1ccnc(SC(F)(F)C(=O)O)n1. The van der Waals surface area contributed by atoms with Gasteiger partial charge in [-0.1, -0.05) is 0 Å². The molecule has 0 aliphatic rings. The van der Waals surface area contributed by atoms with Crippen LogP contribution in [0.5, 0.6) is 0 Å². The van der Waals surface area contributed by atoms with Gasteiger partial charge >= 0.3 is 11.2 Å². The summed E-state index contributed by atoms with van der Waals surface area (Å²) in [6, 6.07) is 1.53. The summed E-state index contributed by atoms with van der Waals surface area (Å²) in [6.07, 6.45) is 1.29. The minimum absolute atomic E-state index is 0.187. The molecule has 14 heavy (non-hydrogen) atoms.